The molecule has 28 heavy (non-hydrogen) atoms. The molecule has 2 heterocycles. The minimum Gasteiger partial charge on any atom is -0.351 e. The number of anilines is 2. The van der Waals surface area contributed by atoms with Crippen LogP contribution in [0.2, 0.25) is 0 Å². The van der Waals surface area contributed by atoms with Crippen LogP contribution in [-0.4, -0.2) is 46.2 Å². The van der Waals surface area contributed by atoms with Gasteiger partial charge in [-0.25, -0.2) is 14.8 Å². The summed E-state index contributed by atoms with van der Waals surface area (Å²) in [5.74, 6) is 0.326. The SMILES string of the molecule is O=C(Nc1ccccc1)N1CCC(Nc2nccc(CCC(F)(F)F)n2)CC1. The van der Waals surface area contributed by atoms with Gasteiger partial charge in [0.15, 0.2) is 0 Å². The Kier molecular flexibility index (Phi) is 6.33. The zero-order valence-corrected chi connectivity index (χ0v) is 15.2. The molecule has 1 aromatic heterocycles. The summed E-state index contributed by atoms with van der Waals surface area (Å²) in [6, 6.07) is 10.7. The van der Waals surface area contributed by atoms with Crippen LogP contribution in [0.1, 0.15) is 25.0 Å². The fourth-order valence-electron chi connectivity index (χ4n) is 3.01. The van der Waals surface area contributed by atoms with Gasteiger partial charge in [0.1, 0.15) is 0 Å². The molecule has 0 saturated carbocycles. The average molecular weight is 393 g/mol. The van der Waals surface area contributed by atoms with Crippen LogP contribution in [0.25, 0.3) is 0 Å². The molecule has 0 spiro atoms. The van der Waals surface area contributed by atoms with Gasteiger partial charge in [-0.3, -0.25) is 0 Å². The number of rotatable bonds is 5. The highest BCUT2D eigenvalue weighted by molar-refractivity contribution is 5.89. The first-order valence-electron chi connectivity index (χ1n) is 9.15. The molecule has 9 heteroatoms. The number of aromatic nitrogens is 2. The summed E-state index contributed by atoms with van der Waals surface area (Å²) >= 11 is 0. The van der Waals surface area contributed by atoms with E-state index in [2.05, 4.69) is 20.6 Å². The largest absolute Gasteiger partial charge is 0.389 e. The van der Waals surface area contributed by atoms with Crippen LogP contribution in [0.5, 0.6) is 0 Å². The molecule has 0 radical (unpaired) electrons. The Morgan fingerprint density at radius 2 is 1.86 bits per heavy atom. The number of alkyl halides is 3. The molecule has 0 atom stereocenters. The average Bonchev–Trinajstić information content (AvgIpc) is 2.67. The summed E-state index contributed by atoms with van der Waals surface area (Å²) in [6.07, 6.45) is -2.40. The number of carbonyl (C=O) groups is 1. The summed E-state index contributed by atoms with van der Waals surface area (Å²) in [5, 5.41) is 6.03. The molecule has 0 unspecified atom stereocenters. The van der Waals surface area contributed by atoms with Crippen molar-refractivity contribution in [2.45, 2.75) is 37.9 Å². The van der Waals surface area contributed by atoms with Crippen LogP contribution in [0.15, 0.2) is 42.6 Å². The van der Waals surface area contributed by atoms with E-state index in [1.54, 1.807) is 4.90 Å². The quantitative estimate of drug-likeness (QED) is 0.803. The van der Waals surface area contributed by atoms with Crippen LogP contribution in [-0.2, 0) is 6.42 Å². The number of piperidine rings is 1. The van der Waals surface area contributed by atoms with E-state index in [9.17, 15) is 18.0 Å². The van der Waals surface area contributed by atoms with E-state index in [4.69, 9.17) is 0 Å². The number of halogens is 3. The van der Waals surface area contributed by atoms with Crippen molar-refractivity contribution in [1.29, 1.82) is 0 Å². The van der Waals surface area contributed by atoms with E-state index in [1.807, 2.05) is 30.3 Å². The van der Waals surface area contributed by atoms with Gasteiger partial charge in [-0.05, 0) is 37.5 Å². The molecule has 6 nitrogen and oxygen atoms in total. The van der Waals surface area contributed by atoms with Gasteiger partial charge in [0.25, 0.3) is 0 Å². The third kappa shape index (κ3) is 6.11. The molecule has 2 aromatic rings. The molecule has 0 aliphatic carbocycles. The minimum absolute atomic E-state index is 0.0682. The number of benzene rings is 1. The minimum atomic E-state index is -4.20. The Morgan fingerprint density at radius 1 is 1.14 bits per heavy atom. The predicted octanol–water partition coefficient (Wildman–Crippen LogP) is 4.08. The monoisotopic (exact) mass is 393 g/mol. The second kappa shape index (κ2) is 8.90. The molecule has 1 aromatic carbocycles. The van der Waals surface area contributed by atoms with Gasteiger partial charge < -0.3 is 15.5 Å². The van der Waals surface area contributed by atoms with Crippen molar-refractivity contribution in [3.8, 4) is 0 Å². The highest BCUT2D eigenvalue weighted by Gasteiger charge is 2.27. The standard InChI is InChI=1S/C19H22F3N5O/c20-19(21,22)10-6-15-7-11-23-17(24-15)25-16-8-12-27(13-9-16)18(28)26-14-4-2-1-3-5-14/h1-5,7,11,16H,6,8-10,12-13H2,(H,26,28)(H,23,24,25). The molecule has 1 aliphatic rings. The Balaban J connectivity index is 1.47. The number of carbonyl (C=O) groups excluding carboxylic acids is 1. The lowest BCUT2D eigenvalue weighted by molar-refractivity contribution is -0.134. The van der Waals surface area contributed by atoms with Gasteiger partial charge in [-0.15, -0.1) is 0 Å². The number of nitrogens with one attached hydrogen (secondary N) is 2. The summed E-state index contributed by atoms with van der Waals surface area (Å²) in [4.78, 5) is 22.3. The van der Waals surface area contributed by atoms with E-state index in [1.165, 1.54) is 12.3 Å². The highest BCUT2D eigenvalue weighted by atomic mass is 19.4. The number of para-hydroxylation sites is 1. The third-order valence-electron chi connectivity index (χ3n) is 4.52. The predicted molar refractivity (Wildman–Crippen MR) is 100 cm³/mol. The van der Waals surface area contributed by atoms with Crippen molar-refractivity contribution >= 4 is 17.7 Å². The first-order chi connectivity index (χ1) is 13.4. The number of amides is 2. The molecule has 2 N–H and O–H groups in total. The summed E-state index contributed by atoms with van der Waals surface area (Å²) < 4.78 is 37.1. The van der Waals surface area contributed by atoms with Crippen LogP contribution >= 0.6 is 0 Å². The maximum atomic E-state index is 12.4. The second-order valence-corrected chi connectivity index (χ2v) is 6.69. The summed E-state index contributed by atoms with van der Waals surface area (Å²) in [6.45, 7) is 1.15. The number of aryl methyl sites for hydroxylation is 1. The number of urea groups is 1. The Bertz CT molecular complexity index is 777. The lowest BCUT2D eigenvalue weighted by atomic mass is 10.1. The Morgan fingerprint density at radius 3 is 2.54 bits per heavy atom. The fraction of sp³-hybridized carbons (Fsp3) is 0.421. The molecular formula is C19H22F3N5O. The molecule has 0 bridgehead atoms. The highest BCUT2D eigenvalue weighted by Crippen LogP contribution is 2.22. The van der Waals surface area contributed by atoms with Crippen molar-refractivity contribution < 1.29 is 18.0 Å². The van der Waals surface area contributed by atoms with Crippen molar-refractivity contribution in [2.75, 3.05) is 23.7 Å². The molecule has 2 amide bonds. The number of hydrogen-bond donors (Lipinski definition) is 2. The number of nitrogens with zero attached hydrogens (tertiary/aromatic N) is 3. The van der Waals surface area contributed by atoms with Crippen LogP contribution in [0.4, 0.5) is 29.6 Å². The van der Waals surface area contributed by atoms with Crippen molar-refractivity contribution in [1.82, 2.24) is 14.9 Å². The number of likely N-dealkylation sites (tertiary alicyclic amines) is 1. The van der Waals surface area contributed by atoms with Crippen molar-refractivity contribution in [3.63, 3.8) is 0 Å². The van der Waals surface area contributed by atoms with Crippen molar-refractivity contribution in [3.05, 3.63) is 48.3 Å². The zero-order valence-electron chi connectivity index (χ0n) is 15.2. The van der Waals surface area contributed by atoms with E-state index < -0.39 is 12.6 Å². The Hall–Kier alpha value is -2.84. The smallest absolute Gasteiger partial charge is 0.351 e. The maximum Gasteiger partial charge on any atom is 0.389 e. The normalized spacial score (nSPS) is 15.3. The molecule has 1 fully saturated rings. The topological polar surface area (TPSA) is 70.2 Å². The molecule has 1 aliphatic heterocycles. The van der Waals surface area contributed by atoms with Gasteiger partial charge >= 0.3 is 12.2 Å². The van der Waals surface area contributed by atoms with Gasteiger partial charge in [0, 0.05) is 43.1 Å². The van der Waals surface area contributed by atoms with E-state index in [-0.39, 0.29) is 18.5 Å². The van der Waals surface area contributed by atoms with E-state index >= 15 is 0 Å². The summed E-state index contributed by atoms with van der Waals surface area (Å²) in [5.41, 5.74) is 1.10. The molecule has 150 valence electrons. The van der Waals surface area contributed by atoms with Crippen LogP contribution in [0, 0.1) is 0 Å². The Labute approximate surface area is 161 Å². The van der Waals surface area contributed by atoms with Gasteiger partial charge in [0.2, 0.25) is 5.95 Å². The van der Waals surface area contributed by atoms with Gasteiger partial charge in [-0.2, -0.15) is 13.2 Å². The lowest BCUT2D eigenvalue weighted by Gasteiger charge is -2.32. The van der Waals surface area contributed by atoms with Gasteiger partial charge in [-0.1, -0.05) is 18.2 Å². The maximum absolute atomic E-state index is 12.4. The molecule has 3 rings (SSSR count). The first-order valence-corrected chi connectivity index (χ1v) is 9.15. The van der Waals surface area contributed by atoms with Gasteiger partial charge in [0.05, 0.1) is 0 Å². The fourth-order valence-corrected chi connectivity index (χ4v) is 3.01. The van der Waals surface area contributed by atoms with E-state index in [0.717, 1.165) is 5.69 Å². The molecular weight excluding hydrogens is 371 g/mol. The van der Waals surface area contributed by atoms with E-state index in [0.29, 0.717) is 37.6 Å². The zero-order chi connectivity index (χ0) is 20.0. The third-order valence-corrected chi connectivity index (χ3v) is 4.52. The van der Waals surface area contributed by atoms with Crippen molar-refractivity contribution in [2.24, 2.45) is 0 Å². The number of hydrogen-bond acceptors (Lipinski definition) is 4. The lowest BCUT2D eigenvalue weighted by Crippen LogP contribution is -2.44. The second-order valence-electron chi connectivity index (χ2n) is 6.69. The van der Waals surface area contributed by atoms with Crippen LogP contribution in [0.3, 0.4) is 0 Å². The van der Waals surface area contributed by atoms with Crippen LogP contribution < -0.4 is 10.6 Å². The summed E-state index contributed by atoms with van der Waals surface area (Å²) in [7, 11) is 0. The first kappa shape index (κ1) is 19.9. The molecule has 1 saturated heterocycles.